The SMILES string of the molecule is COCCOC(=O)CCC(=O)NC(=S)Nc1cccc(OCCc2ccccc2)c1. The van der Waals surface area contributed by atoms with E-state index in [1.54, 1.807) is 6.07 Å². The molecule has 0 fully saturated rings. The van der Waals surface area contributed by atoms with Crippen molar-refractivity contribution < 1.29 is 23.8 Å². The lowest BCUT2D eigenvalue weighted by Crippen LogP contribution is -2.34. The van der Waals surface area contributed by atoms with E-state index in [1.807, 2.05) is 36.4 Å². The summed E-state index contributed by atoms with van der Waals surface area (Å²) in [6.45, 7) is 1.04. The fourth-order valence-corrected chi connectivity index (χ4v) is 2.70. The molecule has 0 aliphatic rings. The first kappa shape index (κ1) is 23.3. The Kier molecular flexibility index (Phi) is 10.3. The highest BCUT2D eigenvalue weighted by molar-refractivity contribution is 7.80. The largest absolute Gasteiger partial charge is 0.493 e. The lowest BCUT2D eigenvalue weighted by molar-refractivity contribution is -0.146. The van der Waals surface area contributed by atoms with Crippen LogP contribution < -0.4 is 15.4 Å². The lowest BCUT2D eigenvalue weighted by Gasteiger charge is -2.11. The van der Waals surface area contributed by atoms with Gasteiger partial charge in [-0.05, 0) is 29.9 Å². The van der Waals surface area contributed by atoms with Crippen LogP contribution in [0.3, 0.4) is 0 Å². The zero-order chi connectivity index (χ0) is 21.6. The molecule has 8 heteroatoms. The number of carbonyl (C=O) groups is 2. The molecule has 0 saturated heterocycles. The predicted molar refractivity (Wildman–Crippen MR) is 119 cm³/mol. The van der Waals surface area contributed by atoms with Crippen LogP contribution in [0, 0.1) is 0 Å². The smallest absolute Gasteiger partial charge is 0.306 e. The van der Waals surface area contributed by atoms with Gasteiger partial charge in [-0.2, -0.15) is 0 Å². The molecule has 2 aromatic carbocycles. The Morgan fingerprint density at radius 3 is 2.53 bits per heavy atom. The zero-order valence-electron chi connectivity index (χ0n) is 16.9. The molecule has 0 spiro atoms. The maximum Gasteiger partial charge on any atom is 0.306 e. The number of nitrogens with one attached hydrogen (secondary N) is 2. The number of methoxy groups -OCH3 is 1. The second kappa shape index (κ2) is 13.3. The van der Waals surface area contributed by atoms with Crippen LogP contribution in [0.15, 0.2) is 54.6 Å². The molecule has 1 amide bonds. The van der Waals surface area contributed by atoms with Gasteiger partial charge < -0.3 is 24.8 Å². The lowest BCUT2D eigenvalue weighted by atomic mass is 10.2. The summed E-state index contributed by atoms with van der Waals surface area (Å²) in [6.07, 6.45) is 0.764. The molecule has 0 heterocycles. The van der Waals surface area contributed by atoms with Gasteiger partial charge in [0.05, 0.1) is 19.6 Å². The quantitative estimate of drug-likeness (QED) is 0.322. The van der Waals surface area contributed by atoms with Crippen LogP contribution in [-0.2, 0) is 25.5 Å². The Morgan fingerprint density at radius 1 is 0.967 bits per heavy atom. The molecule has 0 radical (unpaired) electrons. The molecule has 2 aromatic rings. The first-order valence-corrected chi connectivity index (χ1v) is 10.00. The van der Waals surface area contributed by atoms with Gasteiger partial charge in [-0.1, -0.05) is 36.4 Å². The molecule has 2 rings (SSSR count). The number of anilines is 1. The predicted octanol–water partition coefficient (Wildman–Crippen LogP) is 3.09. The number of benzene rings is 2. The van der Waals surface area contributed by atoms with Crippen LogP contribution in [0.5, 0.6) is 5.75 Å². The number of amides is 1. The highest BCUT2D eigenvalue weighted by atomic mass is 32.1. The molecule has 0 bridgehead atoms. The van der Waals surface area contributed by atoms with E-state index in [1.165, 1.54) is 12.7 Å². The second-order valence-corrected chi connectivity index (χ2v) is 6.74. The number of thiocarbonyl (C=S) groups is 1. The van der Waals surface area contributed by atoms with Crippen LogP contribution in [0.25, 0.3) is 0 Å². The summed E-state index contributed by atoms with van der Waals surface area (Å²) >= 11 is 5.16. The van der Waals surface area contributed by atoms with Gasteiger partial charge in [0.15, 0.2) is 5.11 Å². The molecule has 0 saturated carbocycles. The molecule has 160 valence electrons. The van der Waals surface area contributed by atoms with E-state index in [0.717, 1.165) is 6.42 Å². The van der Waals surface area contributed by atoms with Crippen LogP contribution in [0.4, 0.5) is 5.69 Å². The standard InChI is InChI=1S/C22H26N2O5S/c1-27-14-15-29-21(26)11-10-20(25)24-22(30)23-18-8-5-9-19(16-18)28-13-12-17-6-3-2-4-7-17/h2-9,16H,10-15H2,1H3,(H2,23,24,25,30). The molecule has 0 aliphatic carbocycles. The molecule has 7 nitrogen and oxygen atoms in total. The number of esters is 1. The first-order valence-electron chi connectivity index (χ1n) is 9.59. The Balaban J connectivity index is 1.71. The van der Waals surface area contributed by atoms with Crippen molar-refractivity contribution in [2.75, 3.05) is 32.2 Å². The van der Waals surface area contributed by atoms with Crippen LogP contribution in [0.2, 0.25) is 0 Å². The third-order valence-electron chi connectivity index (χ3n) is 3.95. The van der Waals surface area contributed by atoms with Crippen LogP contribution in [-0.4, -0.2) is 43.9 Å². The summed E-state index contributed by atoms with van der Waals surface area (Å²) < 4.78 is 15.5. The number of rotatable bonds is 11. The van der Waals surface area contributed by atoms with E-state index in [4.69, 9.17) is 26.4 Å². The van der Waals surface area contributed by atoms with E-state index < -0.39 is 5.97 Å². The number of carbonyl (C=O) groups excluding carboxylic acids is 2. The van der Waals surface area contributed by atoms with Crippen LogP contribution in [0.1, 0.15) is 18.4 Å². The molecule has 0 atom stereocenters. The molecule has 30 heavy (non-hydrogen) atoms. The molecule has 0 aliphatic heterocycles. The third kappa shape index (κ3) is 9.49. The van der Waals surface area contributed by atoms with Gasteiger partial charge in [0.25, 0.3) is 0 Å². The van der Waals surface area contributed by atoms with E-state index >= 15 is 0 Å². The third-order valence-corrected chi connectivity index (χ3v) is 4.16. The van der Waals surface area contributed by atoms with Gasteiger partial charge in [-0.25, -0.2) is 0 Å². The van der Waals surface area contributed by atoms with Crippen molar-refractivity contribution >= 4 is 34.9 Å². The number of hydrogen-bond acceptors (Lipinski definition) is 6. The molecule has 2 N–H and O–H groups in total. The summed E-state index contributed by atoms with van der Waals surface area (Å²) in [4.78, 5) is 23.4. The van der Waals surface area contributed by atoms with Gasteiger partial charge in [0.1, 0.15) is 12.4 Å². The molecular formula is C22H26N2O5S. The first-order chi connectivity index (χ1) is 14.6. The van der Waals surface area contributed by atoms with Crippen molar-refractivity contribution in [3.05, 3.63) is 60.2 Å². The van der Waals surface area contributed by atoms with Crippen LogP contribution >= 0.6 is 12.2 Å². The highest BCUT2D eigenvalue weighted by Gasteiger charge is 2.10. The topological polar surface area (TPSA) is 85.9 Å². The summed E-state index contributed by atoms with van der Waals surface area (Å²) in [6, 6.07) is 17.4. The molecular weight excluding hydrogens is 404 g/mol. The van der Waals surface area contributed by atoms with Crippen molar-refractivity contribution in [1.29, 1.82) is 0 Å². The average molecular weight is 431 g/mol. The van der Waals surface area contributed by atoms with E-state index in [0.29, 0.717) is 24.7 Å². The summed E-state index contributed by atoms with van der Waals surface area (Å²) in [5, 5.41) is 5.63. The van der Waals surface area contributed by atoms with Crippen molar-refractivity contribution in [1.82, 2.24) is 5.32 Å². The fourth-order valence-electron chi connectivity index (χ4n) is 2.47. The normalized spacial score (nSPS) is 10.2. The van der Waals surface area contributed by atoms with Gasteiger partial charge in [-0.3, -0.25) is 9.59 Å². The van der Waals surface area contributed by atoms with Gasteiger partial charge >= 0.3 is 5.97 Å². The minimum atomic E-state index is -0.457. The van der Waals surface area contributed by atoms with E-state index in [9.17, 15) is 9.59 Å². The molecule has 0 aromatic heterocycles. The monoisotopic (exact) mass is 430 g/mol. The van der Waals surface area contributed by atoms with Gasteiger partial charge in [0, 0.05) is 31.7 Å². The maximum absolute atomic E-state index is 11.9. The Hall–Kier alpha value is -2.97. The molecule has 0 unspecified atom stereocenters. The van der Waals surface area contributed by atoms with Gasteiger partial charge in [-0.15, -0.1) is 0 Å². The Bertz CT molecular complexity index is 829. The second-order valence-electron chi connectivity index (χ2n) is 6.33. The summed E-state index contributed by atoms with van der Waals surface area (Å²) in [5.41, 5.74) is 1.90. The van der Waals surface area contributed by atoms with E-state index in [2.05, 4.69) is 22.8 Å². The maximum atomic E-state index is 11.9. The summed E-state index contributed by atoms with van der Waals surface area (Å²) in [7, 11) is 1.52. The van der Waals surface area contributed by atoms with Gasteiger partial charge in [0.2, 0.25) is 5.91 Å². The number of hydrogen-bond donors (Lipinski definition) is 2. The minimum Gasteiger partial charge on any atom is -0.493 e. The zero-order valence-corrected chi connectivity index (χ0v) is 17.7. The number of ether oxygens (including phenoxy) is 3. The average Bonchev–Trinajstić information content (AvgIpc) is 2.73. The fraction of sp³-hybridized carbons (Fsp3) is 0.318. The van der Waals surface area contributed by atoms with Crippen molar-refractivity contribution in [2.45, 2.75) is 19.3 Å². The van der Waals surface area contributed by atoms with E-state index in [-0.39, 0.29) is 30.5 Å². The highest BCUT2D eigenvalue weighted by Crippen LogP contribution is 2.17. The Morgan fingerprint density at radius 2 is 1.77 bits per heavy atom. The van der Waals surface area contributed by atoms with Crippen molar-refractivity contribution in [3.8, 4) is 5.75 Å². The minimum absolute atomic E-state index is 0.0176. The summed E-state index contributed by atoms with van der Waals surface area (Å²) in [5.74, 6) is -0.128. The Labute approximate surface area is 181 Å². The van der Waals surface area contributed by atoms with Crippen molar-refractivity contribution in [3.63, 3.8) is 0 Å². The van der Waals surface area contributed by atoms with Crippen molar-refractivity contribution in [2.24, 2.45) is 0 Å².